The first-order chi connectivity index (χ1) is 15.6. The zero-order chi connectivity index (χ0) is 22.5. The minimum absolute atomic E-state index is 0.00253. The molecule has 1 fully saturated rings. The van der Waals surface area contributed by atoms with E-state index in [2.05, 4.69) is 9.97 Å². The average Bonchev–Trinajstić information content (AvgIpc) is 3.08. The molecular formula is C25H23N3O4. The molecule has 3 heterocycles. The Balaban J connectivity index is 1.80. The summed E-state index contributed by atoms with van der Waals surface area (Å²) in [7, 11) is 0. The number of ketones is 1. The first kappa shape index (κ1) is 21.2. The number of amides is 1. The van der Waals surface area contributed by atoms with Crippen molar-refractivity contribution in [2.45, 2.75) is 25.9 Å². The van der Waals surface area contributed by atoms with Crippen LogP contribution in [0.4, 0.5) is 0 Å². The van der Waals surface area contributed by atoms with Gasteiger partial charge in [0.1, 0.15) is 17.6 Å². The van der Waals surface area contributed by atoms with Crippen LogP contribution in [0.15, 0.2) is 78.6 Å². The lowest BCUT2D eigenvalue weighted by Gasteiger charge is -2.24. The van der Waals surface area contributed by atoms with Gasteiger partial charge >= 0.3 is 0 Å². The highest BCUT2D eigenvalue weighted by atomic mass is 16.5. The molecule has 2 aromatic heterocycles. The molecule has 4 rings (SSSR count). The number of hydrogen-bond donors (Lipinski definition) is 1. The first-order valence-electron chi connectivity index (χ1n) is 10.4. The average molecular weight is 429 g/mol. The summed E-state index contributed by atoms with van der Waals surface area (Å²) in [4.78, 5) is 36.1. The number of hydrogen-bond acceptors (Lipinski definition) is 6. The van der Waals surface area contributed by atoms with E-state index >= 15 is 0 Å². The number of carbonyl (C=O) groups excluding carboxylic acids is 2. The molecule has 0 spiro atoms. The van der Waals surface area contributed by atoms with Crippen LogP contribution in [0.5, 0.6) is 5.75 Å². The Morgan fingerprint density at radius 2 is 1.81 bits per heavy atom. The summed E-state index contributed by atoms with van der Waals surface area (Å²) < 4.78 is 5.65. The molecule has 1 aromatic carbocycles. The normalized spacial score (nSPS) is 17.5. The van der Waals surface area contributed by atoms with E-state index in [-0.39, 0.29) is 17.9 Å². The number of aromatic nitrogens is 2. The number of ether oxygens (including phenoxy) is 1. The quantitative estimate of drug-likeness (QED) is 0.348. The van der Waals surface area contributed by atoms with E-state index in [1.54, 1.807) is 67.0 Å². The number of pyridine rings is 2. The molecule has 1 aliphatic rings. The number of likely N-dealkylation sites (tertiary alicyclic amines) is 1. The second-order valence-corrected chi connectivity index (χ2v) is 7.38. The summed E-state index contributed by atoms with van der Waals surface area (Å²) in [5.74, 6) is -1.14. The predicted molar refractivity (Wildman–Crippen MR) is 119 cm³/mol. The SMILES string of the molecule is CCCOc1cccc(/C(O)=C2/C(=O)C(=O)N(Cc3ccccn3)C2c2ccccn2)c1. The van der Waals surface area contributed by atoms with Crippen molar-refractivity contribution in [1.82, 2.24) is 14.9 Å². The lowest BCUT2D eigenvalue weighted by molar-refractivity contribution is -0.140. The zero-order valence-electron chi connectivity index (χ0n) is 17.6. The second-order valence-electron chi connectivity index (χ2n) is 7.38. The van der Waals surface area contributed by atoms with E-state index in [0.717, 1.165) is 6.42 Å². The fraction of sp³-hybridized carbons (Fsp3) is 0.200. The number of aliphatic hydroxyl groups excluding tert-OH is 1. The van der Waals surface area contributed by atoms with Crippen molar-refractivity contribution < 1.29 is 19.4 Å². The van der Waals surface area contributed by atoms with Gasteiger partial charge in [-0.3, -0.25) is 19.6 Å². The van der Waals surface area contributed by atoms with Crippen molar-refractivity contribution in [3.05, 3.63) is 95.6 Å². The molecule has 7 nitrogen and oxygen atoms in total. The topological polar surface area (TPSA) is 92.6 Å². The van der Waals surface area contributed by atoms with Crippen LogP contribution >= 0.6 is 0 Å². The number of carbonyl (C=O) groups is 2. The maximum Gasteiger partial charge on any atom is 0.296 e. The van der Waals surface area contributed by atoms with Crippen LogP contribution < -0.4 is 4.74 Å². The van der Waals surface area contributed by atoms with E-state index in [0.29, 0.717) is 29.3 Å². The molecule has 0 saturated carbocycles. The summed E-state index contributed by atoms with van der Waals surface area (Å²) in [6.45, 7) is 2.65. The molecule has 162 valence electrons. The Bertz CT molecular complexity index is 1150. The lowest BCUT2D eigenvalue weighted by atomic mass is 9.98. The zero-order valence-corrected chi connectivity index (χ0v) is 17.6. The summed E-state index contributed by atoms with van der Waals surface area (Å²) in [6, 6.07) is 16.7. The maximum absolute atomic E-state index is 13.1. The van der Waals surface area contributed by atoms with E-state index in [1.807, 2.05) is 13.0 Å². The molecule has 7 heteroatoms. The Kier molecular flexibility index (Phi) is 6.26. The van der Waals surface area contributed by atoms with Gasteiger partial charge in [-0.1, -0.05) is 31.2 Å². The molecule has 1 amide bonds. The molecule has 1 saturated heterocycles. The third-order valence-corrected chi connectivity index (χ3v) is 5.15. The maximum atomic E-state index is 13.1. The Hall–Kier alpha value is -4.00. The van der Waals surface area contributed by atoms with Gasteiger partial charge in [0.15, 0.2) is 0 Å². The Labute approximate surface area is 186 Å². The molecule has 1 N–H and O–H groups in total. The molecule has 0 radical (unpaired) electrons. The van der Waals surface area contributed by atoms with Gasteiger partial charge in [0.25, 0.3) is 11.7 Å². The minimum atomic E-state index is -0.835. The molecule has 32 heavy (non-hydrogen) atoms. The minimum Gasteiger partial charge on any atom is -0.507 e. The van der Waals surface area contributed by atoms with E-state index in [1.165, 1.54) is 4.90 Å². The van der Waals surface area contributed by atoms with Crippen molar-refractivity contribution in [2.75, 3.05) is 6.61 Å². The van der Waals surface area contributed by atoms with Crippen molar-refractivity contribution in [3.63, 3.8) is 0 Å². The van der Waals surface area contributed by atoms with Crippen LogP contribution in [-0.2, 0) is 16.1 Å². The van der Waals surface area contributed by atoms with Gasteiger partial charge in [0, 0.05) is 18.0 Å². The molecular weight excluding hydrogens is 406 g/mol. The summed E-state index contributed by atoms with van der Waals surface area (Å²) in [5, 5.41) is 11.2. The molecule has 3 aromatic rings. The summed E-state index contributed by atoms with van der Waals surface area (Å²) in [6.07, 6.45) is 4.06. The van der Waals surface area contributed by atoms with Crippen molar-refractivity contribution >= 4 is 17.4 Å². The number of benzene rings is 1. The number of rotatable bonds is 7. The monoisotopic (exact) mass is 429 g/mol. The highest BCUT2D eigenvalue weighted by Crippen LogP contribution is 2.39. The number of Topliss-reactive ketones (excluding diaryl/α,β-unsaturated/α-hetero) is 1. The molecule has 0 bridgehead atoms. The van der Waals surface area contributed by atoms with E-state index in [4.69, 9.17) is 4.74 Å². The third-order valence-electron chi connectivity index (χ3n) is 5.15. The molecule has 1 atom stereocenters. The van der Waals surface area contributed by atoms with Gasteiger partial charge in [0.05, 0.1) is 30.1 Å². The summed E-state index contributed by atoms with van der Waals surface area (Å²) in [5.41, 5.74) is 1.51. The van der Waals surface area contributed by atoms with Crippen molar-refractivity contribution in [3.8, 4) is 5.75 Å². The Morgan fingerprint density at radius 1 is 1.03 bits per heavy atom. The van der Waals surface area contributed by atoms with Crippen LogP contribution in [0.3, 0.4) is 0 Å². The molecule has 0 aliphatic carbocycles. The fourth-order valence-corrected chi connectivity index (χ4v) is 3.66. The van der Waals surface area contributed by atoms with Gasteiger partial charge in [-0.15, -0.1) is 0 Å². The van der Waals surface area contributed by atoms with Gasteiger partial charge < -0.3 is 14.7 Å². The van der Waals surface area contributed by atoms with Crippen molar-refractivity contribution in [1.29, 1.82) is 0 Å². The van der Waals surface area contributed by atoms with Crippen LogP contribution in [0.1, 0.15) is 36.3 Å². The number of aliphatic hydroxyl groups is 1. The summed E-state index contributed by atoms with van der Waals surface area (Å²) >= 11 is 0. The van der Waals surface area contributed by atoms with E-state index < -0.39 is 17.7 Å². The largest absolute Gasteiger partial charge is 0.507 e. The van der Waals surface area contributed by atoms with Crippen LogP contribution in [0, 0.1) is 0 Å². The van der Waals surface area contributed by atoms with Crippen molar-refractivity contribution in [2.24, 2.45) is 0 Å². The second kappa shape index (κ2) is 9.43. The van der Waals surface area contributed by atoms with Gasteiger partial charge in [-0.2, -0.15) is 0 Å². The smallest absolute Gasteiger partial charge is 0.296 e. The first-order valence-corrected chi connectivity index (χ1v) is 10.4. The lowest BCUT2D eigenvalue weighted by Crippen LogP contribution is -2.29. The standard InChI is InChI=1S/C25H23N3O4/c1-2-14-32-19-10-7-8-17(15-19)23(29)21-22(20-11-4-6-13-27-20)28(25(31)24(21)30)16-18-9-3-5-12-26-18/h3-13,15,22,29H,2,14,16H2,1H3/b23-21-. The van der Waals surface area contributed by atoms with Gasteiger partial charge in [0.2, 0.25) is 0 Å². The molecule has 1 aliphatic heterocycles. The van der Waals surface area contributed by atoms with Crippen LogP contribution in [0.25, 0.3) is 5.76 Å². The molecule has 1 unspecified atom stereocenters. The van der Waals surface area contributed by atoms with Gasteiger partial charge in [-0.05, 0) is 42.8 Å². The fourth-order valence-electron chi connectivity index (χ4n) is 3.66. The van der Waals surface area contributed by atoms with Crippen LogP contribution in [-0.4, -0.2) is 38.3 Å². The van der Waals surface area contributed by atoms with Gasteiger partial charge in [-0.25, -0.2) is 0 Å². The Morgan fingerprint density at radius 3 is 2.50 bits per heavy atom. The van der Waals surface area contributed by atoms with Crippen LogP contribution in [0.2, 0.25) is 0 Å². The predicted octanol–water partition coefficient (Wildman–Crippen LogP) is 3.89. The highest BCUT2D eigenvalue weighted by molar-refractivity contribution is 6.46. The highest BCUT2D eigenvalue weighted by Gasteiger charge is 2.46. The third kappa shape index (κ3) is 4.23. The van der Waals surface area contributed by atoms with E-state index in [9.17, 15) is 14.7 Å². The number of nitrogens with zero attached hydrogens (tertiary/aromatic N) is 3.